The Kier molecular flexibility index (Phi) is 6.56. The summed E-state index contributed by atoms with van der Waals surface area (Å²) in [5.74, 6) is 0.797. The van der Waals surface area contributed by atoms with Gasteiger partial charge < -0.3 is 11.1 Å². The van der Waals surface area contributed by atoms with Crippen LogP contribution in [0.25, 0.3) is 0 Å². The Morgan fingerprint density at radius 1 is 1.35 bits per heavy atom. The molecule has 0 saturated heterocycles. The number of unbranched alkanes of at least 4 members (excludes halogenated alkanes) is 1. The second-order valence-corrected chi connectivity index (χ2v) is 6.66. The highest BCUT2D eigenvalue weighted by atomic mass is 32.2. The summed E-state index contributed by atoms with van der Waals surface area (Å²) < 4.78 is 0. The second kappa shape index (κ2) is 7.70. The van der Waals surface area contributed by atoms with Gasteiger partial charge in [-0.05, 0) is 58.0 Å². The van der Waals surface area contributed by atoms with Crippen molar-refractivity contribution in [3.05, 3.63) is 29.3 Å². The lowest BCUT2D eigenvalue weighted by molar-refractivity contribution is -0.123. The van der Waals surface area contributed by atoms with E-state index in [0.717, 1.165) is 25.0 Å². The Hall–Kier alpha value is -1.00. The number of likely N-dealkylation sites (N-methyl/N-ethyl adjacent to an activating group) is 1. The van der Waals surface area contributed by atoms with Crippen LogP contribution >= 0.6 is 11.8 Å². The summed E-state index contributed by atoms with van der Waals surface area (Å²) in [6.07, 6.45) is 2.87. The first-order valence-corrected chi connectivity index (χ1v) is 8.06. The molecule has 0 bridgehead atoms. The van der Waals surface area contributed by atoms with E-state index in [0.29, 0.717) is 0 Å². The number of carbonyl (C=O) groups excluding carboxylic acids is 1. The fraction of sp³-hybridized carbons (Fsp3) is 0.562. The van der Waals surface area contributed by atoms with E-state index in [1.165, 1.54) is 16.0 Å². The van der Waals surface area contributed by atoms with Crippen LogP contribution in [-0.4, -0.2) is 24.2 Å². The average Bonchev–Trinajstić information content (AvgIpc) is 2.41. The zero-order valence-electron chi connectivity index (χ0n) is 13.0. The molecule has 112 valence electrons. The zero-order valence-corrected chi connectivity index (χ0v) is 13.8. The molecule has 3 nitrogen and oxygen atoms in total. The maximum absolute atomic E-state index is 11.4. The van der Waals surface area contributed by atoms with E-state index in [1.807, 2.05) is 18.7 Å². The van der Waals surface area contributed by atoms with Crippen molar-refractivity contribution in [3.8, 4) is 0 Å². The van der Waals surface area contributed by atoms with E-state index in [1.54, 1.807) is 7.05 Å². The molecule has 1 atom stereocenters. The predicted molar refractivity (Wildman–Crippen MR) is 87.2 cm³/mol. The number of amides is 1. The van der Waals surface area contributed by atoms with Crippen LogP contribution in [0.15, 0.2) is 23.1 Å². The molecule has 0 heterocycles. The monoisotopic (exact) mass is 294 g/mol. The van der Waals surface area contributed by atoms with Crippen LogP contribution in [0.4, 0.5) is 0 Å². The van der Waals surface area contributed by atoms with Crippen LogP contribution in [0.5, 0.6) is 0 Å². The van der Waals surface area contributed by atoms with Gasteiger partial charge in [0.15, 0.2) is 0 Å². The molecule has 0 saturated carbocycles. The van der Waals surface area contributed by atoms with E-state index < -0.39 is 5.54 Å². The molecule has 0 radical (unpaired) electrons. The number of nitrogens with two attached hydrogens (primary N) is 1. The van der Waals surface area contributed by atoms with Gasteiger partial charge in [0.2, 0.25) is 5.91 Å². The Labute approximate surface area is 126 Å². The molecule has 1 rings (SSSR count). The van der Waals surface area contributed by atoms with Crippen molar-refractivity contribution in [1.29, 1.82) is 0 Å². The molecule has 1 aromatic carbocycles. The van der Waals surface area contributed by atoms with Gasteiger partial charge in [-0.25, -0.2) is 0 Å². The number of benzene rings is 1. The van der Waals surface area contributed by atoms with Crippen molar-refractivity contribution in [1.82, 2.24) is 5.32 Å². The molecule has 0 spiro atoms. The molecule has 0 aliphatic heterocycles. The standard InChI is InChI=1S/C16H26N2OS/c1-12-7-8-13(2)14(11-12)20-10-6-5-9-16(3,18-4)15(17)19/h7-8,11,18H,5-6,9-10H2,1-4H3,(H2,17,19). The van der Waals surface area contributed by atoms with E-state index in [2.05, 4.69) is 37.4 Å². The molecule has 3 N–H and O–H groups in total. The first-order valence-electron chi connectivity index (χ1n) is 7.08. The van der Waals surface area contributed by atoms with Gasteiger partial charge in [0, 0.05) is 4.90 Å². The van der Waals surface area contributed by atoms with Gasteiger partial charge in [-0.15, -0.1) is 11.8 Å². The topological polar surface area (TPSA) is 55.1 Å². The summed E-state index contributed by atoms with van der Waals surface area (Å²) in [6.45, 7) is 6.13. The van der Waals surface area contributed by atoms with Gasteiger partial charge in [0.25, 0.3) is 0 Å². The molecule has 20 heavy (non-hydrogen) atoms. The van der Waals surface area contributed by atoms with E-state index >= 15 is 0 Å². The predicted octanol–water partition coefficient (Wildman–Crippen LogP) is 3.03. The molecule has 0 aromatic heterocycles. The minimum absolute atomic E-state index is 0.276. The van der Waals surface area contributed by atoms with Crippen LogP contribution in [0, 0.1) is 13.8 Å². The van der Waals surface area contributed by atoms with Crippen LogP contribution < -0.4 is 11.1 Å². The molecule has 4 heteroatoms. The minimum atomic E-state index is -0.579. The SMILES string of the molecule is CNC(C)(CCCCSc1cc(C)ccc1C)C(N)=O. The fourth-order valence-corrected chi connectivity index (χ4v) is 3.13. The maximum Gasteiger partial charge on any atom is 0.237 e. The third-order valence-corrected chi connectivity index (χ3v) is 5.01. The van der Waals surface area contributed by atoms with Crippen molar-refractivity contribution >= 4 is 17.7 Å². The molecule has 0 fully saturated rings. The zero-order chi connectivity index (χ0) is 15.2. The minimum Gasteiger partial charge on any atom is -0.368 e. The smallest absolute Gasteiger partial charge is 0.237 e. The van der Waals surface area contributed by atoms with Crippen LogP contribution in [0.1, 0.15) is 37.3 Å². The van der Waals surface area contributed by atoms with Crippen LogP contribution in [-0.2, 0) is 4.79 Å². The van der Waals surface area contributed by atoms with Crippen LogP contribution in [0.2, 0.25) is 0 Å². The largest absolute Gasteiger partial charge is 0.368 e. The Morgan fingerprint density at radius 2 is 2.05 bits per heavy atom. The summed E-state index contributed by atoms with van der Waals surface area (Å²) in [6, 6.07) is 6.55. The first-order chi connectivity index (χ1) is 9.39. The highest BCUT2D eigenvalue weighted by molar-refractivity contribution is 7.99. The molecule has 1 aromatic rings. The molecule has 1 unspecified atom stereocenters. The Balaban J connectivity index is 2.35. The van der Waals surface area contributed by atoms with Crippen molar-refractivity contribution in [2.24, 2.45) is 5.73 Å². The summed E-state index contributed by atoms with van der Waals surface area (Å²) in [5, 5.41) is 3.02. The lowest BCUT2D eigenvalue weighted by atomic mass is 9.94. The third-order valence-electron chi connectivity index (χ3n) is 3.77. The molecule has 0 aliphatic rings. The van der Waals surface area contributed by atoms with E-state index in [4.69, 9.17) is 5.73 Å². The quantitative estimate of drug-likeness (QED) is 0.572. The summed E-state index contributed by atoms with van der Waals surface area (Å²) in [7, 11) is 1.79. The van der Waals surface area contributed by atoms with Crippen LogP contribution in [0.3, 0.4) is 0 Å². The van der Waals surface area contributed by atoms with Gasteiger partial charge in [0.1, 0.15) is 0 Å². The van der Waals surface area contributed by atoms with Crippen molar-refractivity contribution in [2.45, 2.75) is 50.5 Å². The number of hydrogen-bond acceptors (Lipinski definition) is 3. The number of nitrogens with one attached hydrogen (secondary N) is 1. The Morgan fingerprint density at radius 3 is 2.65 bits per heavy atom. The number of hydrogen-bond donors (Lipinski definition) is 2. The maximum atomic E-state index is 11.4. The second-order valence-electron chi connectivity index (χ2n) is 5.52. The normalized spacial score (nSPS) is 14.0. The van der Waals surface area contributed by atoms with Gasteiger partial charge in [-0.2, -0.15) is 0 Å². The first kappa shape index (κ1) is 17.1. The summed E-state index contributed by atoms with van der Waals surface area (Å²) in [5.41, 5.74) is 7.47. The highest BCUT2D eigenvalue weighted by Crippen LogP contribution is 2.25. The summed E-state index contributed by atoms with van der Waals surface area (Å²) >= 11 is 1.89. The number of rotatable bonds is 8. The van der Waals surface area contributed by atoms with Crippen molar-refractivity contribution < 1.29 is 4.79 Å². The summed E-state index contributed by atoms with van der Waals surface area (Å²) in [4.78, 5) is 12.7. The van der Waals surface area contributed by atoms with E-state index in [-0.39, 0.29) is 5.91 Å². The highest BCUT2D eigenvalue weighted by Gasteiger charge is 2.27. The number of thioether (sulfide) groups is 1. The van der Waals surface area contributed by atoms with Gasteiger partial charge in [-0.1, -0.05) is 24.1 Å². The molecular formula is C16H26N2OS. The fourth-order valence-electron chi connectivity index (χ4n) is 2.00. The number of carbonyl (C=O) groups is 1. The van der Waals surface area contributed by atoms with Gasteiger partial charge >= 0.3 is 0 Å². The number of primary amides is 1. The molecule has 1 amide bonds. The van der Waals surface area contributed by atoms with Gasteiger partial charge in [-0.3, -0.25) is 4.79 Å². The third kappa shape index (κ3) is 4.84. The van der Waals surface area contributed by atoms with Gasteiger partial charge in [0.05, 0.1) is 5.54 Å². The molecular weight excluding hydrogens is 268 g/mol. The average molecular weight is 294 g/mol. The lowest BCUT2D eigenvalue weighted by Crippen LogP contribution is -2.51. The van der Waals surface area contributed by atoms with E-state index in [9.17, 15) is 4.79 Å². The van der Waals surface area contributed by atoms with Crippen molar-refractivity contribution in [3.63, 3.8) is 0 Å². The molecule has 0 aliphatic carbocycles. The Bertz CT molecular complexity index is 462. The number of aryl methyl sites for hydroxylation is 2. The lowest BCUT2D eigenvalue weighted by Gasteiger charge is -2.25. The van der Waals surface area contributed by atoms with Crippen molar-refractivity contribution in [2.75, 3.05) is 12.8 Å².